The van der Waals surface area contributed by atoms with Crippen LogP contribution in [-0.4, -0.2) is 124 Å². The maximum absolute atomic E-state index is 4.48. The van der Waals surface area contributed by atoms with Crippen molar-refractivity contribution in [3.63, 3.8) is 0 Å². The predicted octanol–water partition coefficient (Wildman–Crippen LogP) is 20.6. The average Bonchev–Trinajstić information content (AvgIpc) is 1.22. The summed E-state index contributed by atoms with van der Waals surface area (Å²) >= 11 is 0. The van der Waals surface area contributed by atoms with Crippen LogP contribution in [0.25, 0.3) is 0 Å². The summed E-state index contributed by atoms with van der Waals surface area (Å²) < 4.78 is 0. The highest BCUT2D eigenvalue weighted by molar-refractivity contribution is 6.02. The monoisotopic (exact) mass is 1240 g/mol. The van der Waals surface area contributed by atoms with Crippen molar-refractivity contribution in [3.8, 4) is 0 Å². The van der Waals surface area contributed by atoms with Crippen molar-refractivity contribution < 1.29 is 0 Å². The molecule has 0 fully saturated rings. The van der Waals surface area contributed by atoms with Crippen LogP contribution >= 0.6 is 0 Å². The molecule has 5 aromatic carbocycles. The lowest BCUT2D eigenvalue weighted by Gasteiger charge is -2.14. The summed E-state index contributed by atoms with van der Waals surface area (Å²) in [4.78, 5) is 0. The molecule has 0 amide bonds. The van der Waals surface area contributed by atoms with Crippen LogP contribution in [0, 0.1) is 0 Å². The van der Waals surface area contributed by atoms with Crippen molar-refractivity contribution in [1.29, 1.82) is 0 Å². The Labute approximate surface area is 558 Å². The second kappa shape index (κ2) is 56.4. The summed E-state index contributed by atoms with van der Waals surface area (Å²) in [6.07, 6.45) is 10.8. The SMILES string of the molecule is CC.CC.CC.CC.CC.CCc1ccc(/C(C)=N/N(C)C)cc1CC.CCc1ccc(C(C)=NN(C)C)cc1CC.CCc1ccc(CC)c(/C(C)=N/N(C)C)c1.CCc1ccc(CC)c(/C(C)=N/N(C)C)c1.CCc1cccc(/C(C)=N/N(C)C)c1CC. The zero-order chi connectivity index (χ0) is 70.6. The molecule has 0 aliphatic heterocycles. The Hall–Kier alpha value is -6.55. The van der Waals surface area contributed by atoms with Crippen molar-refractivity contribution in [2.24, 2.45) is 25.5 Å². The highest BCUT2D eigenvalue weighted by atomic mass is 15.4. The Morgan fingerprint density at radius 2 is 0.522 bits per heavy atom. The van der Waals surface area contributed by atoms with E-state index in [1.807, 2.05) is 165 Å². The molecule has 510 valence electrons. The van der Waals surface area contributed by atoms with E-state index in [4.69, 9.17) is 0 Å². The molecule has 0 spiro atoms. The maximum Gasteiger partial charge on any atom is 0.0649 e. The van der Waals surface area contributed by atoms with Crippen LogP contribution in [0.1, 0.15) is 257 Å². The normalized spacial score (nSPS) is 10.7. The van der Waals surface area contributed by atoms with Gasteiger partial charge >= 0.3 is 0 Å². The summed E-state index contributed by atoms with van der Waals surface area (Å²) in [5.74, 6) is 0. The number of nitrogens with zero attached hydrogens (tertiary/aromatic N) is 10. The molecule has 10 nitrogen and oxygen atoms in total. The lowest BCUT2D eigenvalue weighted by atomic mass is 9.95. The number of benzene rings is 5. The zero-order valence-electron chi connectivity index (χ0n) is 65.2. The van der Waals surface area contributed by atoms with Gasteiger partial charge in [-0.3, -0.25) is 0 Å². The highest BCUT2D eigenvalue weighted by Crippen LogP contribution is 2.20. The van der Waals surface area contributed by atoms with E-state index in [9.17, 15) is 0 Å². The first-order valence-electron chi connectivity index (χ1n) is 34.6. The molecule has 0 bridgehead atoms. The molecular weight excluding hydrogens is 1100 g/mol. The van der Waals surface area contributed by atoms with E-state index >= 15 is 0 Å². The Kier molecular flexibility index (Phi) is 57.8. The van der Waals surface area contributed by atoms with Crippen LogP contribution in [0.15, 0.2) is 117 Å². The third kappa shape index (κ3) is 36.9. The van der Waals surface area contributed by atoms with Gasteiger partial charge in [0, 0.05) is 87.2 Å². The van der Waals surface area contributed by atoms with Crippen LogP contribution < -0.4 is 0 Å². The molecule has 10 heteroatoms. The van der Waals surface area contributed by atoms with Gasteiger partial charge in [-0.1, -0.05) is 205 Å². The molecule has 5 aromatic rings. The molecule has 0 aliphatic rings. The molecule has 5 rings (SSSR count). The topological polar surface area (TPSA) is 78.0 Å². The van der Waals surface area contributed by atoms with Crippen molar-refractivity contribution in [3.05, 3.63) is 174 Å². The average molecular weight is 1240 g/mol. The Morgan fingerprint density at radius 3 is 0.778 bits per heavy atom. The summed E-state index contributed by atoms with van der Waals surface area (Å²) in [5.41, 5.74) is 25.9. The van der Waals surface area contributed by atoms with E-state index < -0.39 is 0 Å². The molecule has 0 unspecified atom stereocenters. The fourth-order valence-electron chi connectivity index (χ4n) is 9.53. The highest BCUT2D eigenvalue weighted by Gasteiger charge is 2.10. The minimum atomic E-state index is 1.06. The quantitative estimate of drug-likeness (QED) is 0.0573. The lowest BCUT2D eigenvalue weighted by molar-refractivity contribution is 0.437. The van der Waals surface area contributed by atoms with Gasteiger partial charge in [0.1, 0.15) is 0 Å². The molecular formula is C80H140N10. The number of hydrogen-bond donors (Lipinski definition) is 0. The second-order valence-electron chi connectivity index (χ2n) is 21.1. The summed E-state index contributed by atoms with van der Waals surface area (Å²) in [5, 5.41) is 31.5. The van der Waals surface area contributed by atoms with Gasteiger partial charge in [-0.25, -0.2) is 0 Å². The van der Waals surface area contributed by atoms with E-state index in [0.29, 0.717) is 0 Å². The van der Waals surface area contributed by atoms with Gasteiger partial charge in [0.15, 0.2) is 0 Å². The lowest BCUT2D eigenvalue weighted by Crippen LogP contribution is -2.10. The minimum absolute atomic E-state index is 1.06. The summed E-state index contributed by atoms with van der Waals surface area (Å²) in [7, 11) is 19.5. The number of aryl methyl sites for hydroxylation is 9. The summed E-state index contributed by atoms with van der Waals surface area (Å²) in [6, 6.07) is 33.2. The standard InChI is InChI=1S/5C14H22N2.5C2H6/c2*1-6-12-8-9-14(10-13(12)7-2)11(3)15-16(4)5;2*1-6-12-8-9-13(7-2)14(10-12)11(3)15-16(4)5;1-6-12-9-8-10-14(13(12)7-2)11(3)15-16(4)5;5*1-2/h5*8-10H,6-7H2,1-5H3;5*1-2H3/b15-11+;;3*15-11+;;;;;. The fraction of sp³-hybridized carbons (Fsp3) is 0.562. The van der Waals surface area contributed by atoms with Crippen molar-refractivity contribution in [1.82, 2.24) is 25.0 Å². The van der Waals surface area contributed by atoms with Gasteiger partial charge < -0.3 is 25.0 Å². The van der Waals surface area contributed by atoms with Crippen molar-refractivity contribution in [2.45, 2.75) is 237 Å². The van der Waals surface area contributed by atoms with Crippen LogP contribution in [0.5, 0.6) is 0 Å². The number of hydrogen-bond acceptors (Lipinski definition) is 10. The third-order valence-electron chi connectivity index (χ3n) is 13.6. The predicted molar refractivity (Wildman–Crippen MR) is 412 cm³/mol. The molecule has 0 atom stereocenters. The zero-order valence-corrected chi connectivity index (χ0v) is 65.2. The molecule has 0 aromatic heterocycles. The minimum Gasteiger partial charge on any atom is -0.303 e. The molecule has 0 saturated heterocycles. The largest absolute Gasteiger partial charge is 0.303 e. The Bertz CT molecular complexity index is 2590. The molecule has 0 saturated carbocycles. The molecule has 0 N–H and O–H groups in total. The number of rotatable bonds is 20. The van der Waals surface area contributed by atoms with E-state index in [1.165, 1.54) is 83.5 Å². The third-order valence-corrected chi connectivity index (χ3v) is 13.6. The molecule has 90 heavy (non-hydrogen) atoms. The van der Waals surface area contributed by atoms with Crippen molar-refractivity contribution >= 4 is 28.6 Å². The van der Waals surface area contributed by atoms with Crippen LogP contribution in [0.3, 0.4) is 0 Å². The van der Waals surface area contributed by atoms with Gasteiger partial charge in [-0.05, 0) is 190 Å². The first kappa shape index (κ1) is 92.2. The first-order chi connectivity index (χ1) is 42.9. The Balaban J connectivity index is -0.000000322. The van der Waals surface area contributed by atoms with E-state index in [2.05, 4.69) is 220 Å². The fourth-order valence-corrected chi connectivity index (χ4v) is 9.53. The molecule has 0 heterocycles. The van der Waals surface area contributed by atoms with Crippen molar-refractivity contribution in [2.75, 3.05) is 70.5 Å². The van der Waals surface area contributed by atoms with Crippen LogP contribution in [0.2, 0.25) is 0 Å². The van der Waals surface area contributed by atoms with E-state index in [1.54, 1.807) is 0 Å². The first-order valence-corrected chi connectivity index (χ1v) is 34.6. The van der Waals surface area contributed by atoms with Crippen LogP contribution in [0.4, 0.5) is 0 Å². The molecule has 0 aliphatic carbocycles. The number of hydrazone groups is 5. The van der Waals surface area contributed by atoms with Gasteiger partial charge in [0.05, 0.1) is 28.6 Å². The van der Waals surface area contributed by atoms with Crippen LogP contribution in [-0.2, 0) is 64.2 Å². The maximum atomic E-state index is 4.48. The van der Waals surface area contributed by atoms with Gasteiger partial charge in [-0.15, -0.1) is 0 Å². The Morgan fingerprint density at radius 1 is 0.256 bits per heavy atom. The van der Waals surface area contributed by atoms with Gasteiger partial charge in [-0.2, -0.15) is 25.5 Å². The van der Waals surface area contributed by atoms with E-state index in [0.717, 1.165) is 92.8 Å². The second-order valence-corrected chi connectivity index (χ2v) is 21.1. The van der Waals surface area contributed by atoms with E-state index in [-0.39, 0.29) is 0 Å². The van der Waals surface area contributed by atoms with Gasteiger partial charge in [0.25, 0.3) is 0 Å². The summed E-state index contributed by atoms with van der Waals surface area (Å²) in [6.45, 7) is 52.3. The molecule has 0 radical (unpaired) electrons. The smallest absolute Gasteiger partial charge is 0.0649 e. The van der Waals surface area contributed by atoms with Gasteiger partial charge in [0.2, 0.25) is 0 Å².